The van der Waals surface area contributed by atoms with Crippen LogP contribution < -0.4 is 5.32 Å². The molecule has 1 rings (SSSR count). The number of nitro groups is 1. The lowest BCUT2D eigenvalue weighted by molar-refractivity contribution is -0.384. The summed E-state index contributed by atoms with van der Waals surface area (Å²) in [6, 6.07) is 5.15. The summed E-state index contributed by atoms with van der Waals surface area (Å²) in [6.45, 7) is 0.673. The van der Waals surface area contributed by atoms with Crippen LogP contribution in [-0.2, 0) is 4.74 Å². The van der Waals surface area contributed by atoms with Gasteiger partial charge in [0, 0.05) is 24.2 Å². The molecule has 0 atom stereocenters. The third-order valence-corrected chi connectivity index (χ3v) is 2.32. The van der Waals surface area contributed by atoms with E-state index in [4.69, 9.17) is 4.74 Å². The van der Waals surface area contributed by atoms with E-state index in [9.17, 15) is 23.7 Å². The second kappa shape index (κ2) is 6.78. The number of nitro benzene ring substituents is 1. The van der Waals surface area contributed by atoms with Crippen molar-refractivity contribution in [3.63, 3.8) is 0 Å². The number of benzene rings is 1. The SMILES string of the molecule is CC(F)(F)CCCOC(=O)Nc1ccc([N+](=O)[O-])cc1. The van der Waals surface area contributed by atoms with E-state index >= 15 is 0 Å². The molecule has 20 heavy (non-hydrogen) atoms. The maximum Gasteiger partial charge on any atom is 0.411 e. The monoisotopic (exact) mass is 288 g/mol. The molecule has 1 amide bonds. The maximum absolute atomic E-state index is 12.5. The van der Waals surface area contributed by atoms with Gasteiger partial charge < -0.3 is 4.74 Å². The predicted octanol–water partition coefficient (Wildman–Crippen LogP) is 3.58. The first-order valence-corrected chi connectivity index (χ1v) is 5.84. The molecule has 0 heterocycles. The molecule has 1 N–H and O–H groups in total. The lowest BCUT2D eigenvalue weighted by Gasteiger charge is -2.10. The summed E-state index contributed by atoms with van der Waals surface area (Å²) < 4.78 is 29.7. The standard InChI is InChI=1S/C12H14F2N2O4/c1-12(13,14)7-2-8-20-11(17)15-9-3-5-10(6-4-9)16(18)19/h3-6H,2,7-8H2,1H3,(H,15,17). The molecule has 0 spiro atoms. The van der Waals surface area contributed by atoms with Crippen LogP contribution in [0.15, 0.2) is 24.3 Å². The first-order chi connectivity index (χ1) is 9.28. The topological polar surface area (TPSA) is 81.5 Å². The number of carbonyl (C=O) groups excluding carboxylic acids is 1. The summed E-state index contributed by atoms with van der Waals surface area (Å²) >= 11 is 0. The fourth-order valence-electron chi connectivity index (χ4n) is 1.37. The van der Waals surface area contributed by atoms with E-state index in [0.717, 1.165) is 6.92 Å². The molecule has 1 aromatic carbocycles. The number of hydrogen-bond donors (Lipinski definition) is 1. The third-order valence-electron chi connectivity index (χ3n) is 2.32. The van der Waals surface area contributed by atoms with Crippen molar-refractivity contribution >= 4 is 17.5 Å². The van der Waals surface area contributed by atoms with Gasteiger partial charge in [-0.3, -0.25) is 15.4 Å². The Kier molecular flexibility index (Phi) is 5.36. The lowest BCUT2D eigenvalue weighted by Crippen LogP contribution is -2.16. The van der Waals surface area contributed by atoms with Crippen molar-refractivity contribution in [1.29, 1.82) is 0 Å². The molecule has 8 heteroatoms. The molecule has 0 fully saturated rings. The summed E-state index contributed by atoms with van der Waals surface area (Å²) in [5.74, 6) is -2.78. The van der Waals surface area contributed by atoms with Crippen molar-refractivity contribution in [1.82, 2.24) is 0 Å². The van der Waals surface area contributed by atoms with Crippen molar-refractivity contribution < 1.29 is 23.2 Å². The van der Waals surface area contributed by atoms with Crippen LogP contribution in [0.2, 0.25) is 0 Å². The Labute approximate surface area is 113 Å². The van der Waals surface area contributed by atoms with E-state index in [-0.39, 0.29) is 25.1 Å². The van der Waals surface area contributed by atoms with Gasteiger partial charge in [0.05, 0.1) is 11.5 Å². The van der Waals surface area contributed by atoms with Crippen LogP contribution in [0, 0.1) is 10.1 Å². The molecule has 0 saturated heterocycles. The first-order valence-electron chi connectivity index (χ1n) is 5.84. The second-order valence-electron chi connectivity index (χ2n) is 4.24. The fraction of sp³-hybridized carbons (Fsp3) is 0.417. The highest BCUT2D eigenvalue weighted by Crippen LogP contribution is 2.18. The average Bonchev–Trinajstić information content (AvgIpc) is 2.34. The predicted molar refractivity (Wildman–Crippen MR) is 67.9 cm³/mol. The van der Waals surface area contributed by atoms with Gasteiger partial charge in [-0.2, -0.15) is 0 Å². The minimum absolute atomic E-state index is 0.0528. The molecule has 0 aliphatic heterocycles. The second-order valence-corrected chi connectivity index (χ2v) is 4.24. The van der Waals surface area contributed by atoms with E-state index < -0.39 is 16.9 Å². The van der Waals surface area contributed by atoms with E-state index in [0.29, 0.717) is 5.69 Å². The van der Waals surface area contributed by atoms with Crippen molar-refractivity contribution in [2.45, 2.75) is 25.7 Å². The number of nitrogens with zero attached hydrogens (tertiary/aromatic N) is 1. The van der Waals surface area contributed by atoms with Crippen LogP contribution in [0.3, 0.4) is 0 Å². The van der Waals surface area contributed by atoms with Gasteiger partial charge in [-0.05, 0) is 25.5 Å². The van der Waals surface area contributed by atoms with Crippen LogP contribution in [0.25, 0.3) is 0 Å². The summed E-state index contributed by atoms with van der Waals surface area (Å²) in [5, 5.41) is 12.8. The van der Waals surface area contributed by atoms with Crippen LogP contribution in [0.1, 0.15) is 19.8 Å². The van der Waals surface area contributed by atoms with Gasteiger partial charge in [-0.1, -0.05) is 0 Å². The first kappa shape index (κ1) is 15.8. The normalized spacial score (nSPS) is 10.9. The Morgan fingerprint density at radius 2 is 2.00 bits per heavy atom. The summed E-state index contributed by atoms with van der Waals surface area (Å²) in [4.78, 5) is 21.2. The van der Waals surface area contributed by atoms with Gasteiger partial charge in [0.25, 0.3) is 5.69 Å². The molecule has 6 nitrogen and oxygen atoms in total. The molecule has 0 bridgehead atoms. The molecule has 0 aliphatic carbocycles. The molecule has 0 aliphatic rings. The van der Waals surface area contributed by atoms with Gasteiger partial charge in [-0.25, -0.2) is 13.6 Å². The van der Waals surface area contributed by atoms with Gasteiger partial charge in [0.2, 0.25) is 5.92 Å². The Balaban J connectivity index is 2.33. The number of anilines is 1. The molecule has 0 saturated carbocycles. The number of ether oxygens (including phenoxy) is 1. The van der Waals surface area contributed by atoms with Gasteiger partial charge in [-0.15, -0.1) is 0 Å². The highest BCUT2D eigenvalue weighted by Gasteiger charge is 2.20. The largest absolute Gasteiger partial charge is 0.449 e. The van der Waals surface area contributed by atoms with E-state index in [1.165, 1.54) is 24.3 Å². The Bertz CT molecular complexity index is 471. The number of carbonyl (C=O) groups is 1. The van der Waals surface area contributed by atoms with Crippen molar-refractivity contribution in [2.24, 2.45) is 0 Å². The highest BCUT2D eigenvalue weighted by molar-refractivity contribution is 5.84. The quantitative estimate of drug-likeness (QED) is 0.493. The van der Waals surface area contributed by atoms with Crippen molar-refractivity contribution in [3.05, 3.63) is 34.4 Å². The van der Waals surface area contributed by atoms with Crippen LogP contribution >= 0.6 is 0 Å². The minimum Gasteiger partial charge on any atom is -0.449 e. The van der Waals surface area contributed by atoms with Crippen LogP contribution in [0.5, 0.6) is 0 Å². The number of nitrogens with one attached hydrogen (secondary N) is 1. The van der Waals surface area contributed by atoms with E-state index in [1.54, 1.807) is 0 Å². The molecule has 0 unspecified atom stereocenters. The number of rotatable bonds is 6. The van der Waals surface area contributed by atoms with Gasteiger partial charge >= 0.3 is 6.09 Å². The fourth-order valence-corrected chi connectivity index (χ4v) is 1.37. The number of non-ortho nitro benzene ring substituents is 1. The number of alkyl halides is 2. The molecule has 0 aromatic heterocycles. The van der Waals surface area contributed by atoms with Crippen molar-refractivity contribution in [2.75, 3.05) is 11.9 Å². The number of halogens is 2. The summed E-state index contributed by atoms with van der Waals surface area (Å²) in [6.07, 6.45) is -1.10. The molecular weight excluding hydrogens is 274 g/mol. The third kappa shape index (κ3) is 6.07. The lowest BCUT2D eigenvalue weighted by atomic mass is 10.2. The Hall–Kier alpha value is -2.25. The zero-order chi connectivity index (χ0) is 15.2. The number of amides is 1. The highest BCUT2D eigenvalue weighted by atomic mass is 19.3. The summed E-state index contributed by atoms with van der Waals surface area (Å²) in [5.41, 5.74) is 0.218. The zero-order valence-electron chi connectivity index (χ0n) is 10.8. The molecule has 0 radical (unpaired) electrons. The maximum atomic E-state index is 12.5. The zero-order valence-corrected chi connectivity index (χ0v) is 10.8. The Morgan fingerprint density at radius 1 is 1.40 bits per heavy atom. The van der Waals surface area contributed by atoms with Crippen LogP contribution in [0.4, 0.5) is 25.0 Å². The number of hydrogen-bond acceptors (Lipinski definition) is 4. The van der Waals surface area contributed by atoms with E-state index in [2.05, 4.69) is 5.32 Å². The van der Waals surface area contributed by atoms with E-state index in [1.807, 2.05) is 0 Å². The van der Waals surface area contributed by atoms with Gasteiger partial charge in [0.15, 0.2) is 0 Å². The molecule has 110 valence electrons. The smallest absolute Gasteiger partial charge is 0.411 e. The molecule has 1 aromatic rings. The minimum atomic E-state index is -2.78. The van der Waals surface area contributed by atoms with Crippen molar-refractivity contribution in [3.8, 4) is 0 Å². The molecular formula is C12H14F2N2O4. The summed E-state index contributed by atoms with van der Waals surface area (Å²) in [7, 11) is 0. The Morgan fingerprint density at radius 3 is 2.50 bits per heavy atom. The van der Waals surface area contributed by atoms with Crippen LogP contribution in [-0.4, -0.2) is 23.5 Å². The van der Waals surface area contributed by atoms with Gasteiger partial charge in [0.1, 0.15) is 0 Å². The average molecular weight is 288 g/mol.